The molecular formula is C16H17ClN2O4. The summed E-state index contributed by atoms with van der Waals surface area (Å²) in [5.74, 6) is -0.344. The topological polar surface area (TPSA) is 67.9 Å². The number of nitrogens with one attached hydrogen (secondary N) is 1. The Balaban J connectivity index is 1.74. The Labute approximate surface area is 139 Å². The lowest BCUT2D eigenvalue weighted by Crippen LogP contribution is -2.35. The van der Waals surface area contributed by atoms with Gasteiger partial charge in [-0.1, -0.05) is 11.6 Å². The summed E-state index contributed by atoms with van der Waals surface area (Å²) in [6.45, 7) is 1.19. The van der Waals surface area contributed by atoms with E-state index >= 15 is 0 Å². The van der Waals surface area contributed by atoms with Gasteiger partial charge in [0.1, 0.15) is 16.5 Å². The first-order valence-electron chi connectivity index (χ1n) is 7.40. The van der Waals surface area contributed by atoms with Crippen molar-refractivity contribution in [1.82, 2.24) is 5.32 Å². The second-order valence-corrected chi connectivity index (χ2v) is 5.73. The van der Waals surface area contributed by atoms with Crippen LogP contribution in [0.25, 0.3) is 0 Å². The van der Waals surface area contributed by atoms with Gasteiger partial charge in [0.25, 0.3) is 11.8 Å². The van der Waals surface area contributed by atoms with Gasteiger partial charge in [-0.05, 0) is 37.1 Å². The highest BCUT2D eigenvalue weighted by molar-refractivity contribution is 6.52. The zero-order valence-corrected chi connectivity index (χ0v) is 13.4. The summed E-state index contributed by atoms with van der Waals surface area (Å²) in [5, 5.41) is 2.87. The standard InChI is InChI=1S/C16H17ClN2O4/c1-22-11-6-4-10(5-7-11)19-15(20)13(17)14(16(19)21)18-9-12-3-2-8-23-12/h4-7,12,18H,2-3,8-9H2,1H3. The number of anilines is 1. The van der Waals surface area contributed by atoms with Crippen LogP contribution in [0.15, 0.2) is 35.0 Å². The van der Waals surface area contributed by atoms with E-state index in [1.54, 1.807) is 31.4 Å². The maximum Gasteiger partial charge on any atom is 0.283 e. The molecule has 1 atom stereocenters. The van der Waals surface area contributed by atoms with Crippen LogP contribution in [0, 0.1) is 0 Å². The molecule has 1 fully saturated rings. The molecule has 122 valence electrons. The number of carbonyl (C=O) groups excluding carboxylic acids is 2. The smallest absolute Gasteiger partial charge is 0.283 e. The summed E-state index contributed by atoms with van der Waals surface area (Å²) < 4.78 is 10.6. The van der Waals surface area contributed by atoms with Gasteiger partial charge in [0.15, 0.2) is 0 Å². The average molecular weight is 337 g/mol. The average Bonchev–Trinajstić information content (AvgIpc) is 3.15. The summed E-state index contributed by atoms with van der Waals surface area (Å²) in [4.78, 5) is 25.9. The van der Waals surface area contributed by atoms with Gasteiger partial charge in [0.05, 0.1) is 18.9 Å². The van der Waals surface area contributed by atoms with Gasteiger partial charge in [0.2, 0.25) is 0 Å². The fourth-order valence-electron chi connectivity index (χ4n) is 2.64. The first-order valence-corrected chi connectivity index (χ1v) is 7.77. The highest BCUT2D eigenvalue weighted by atomic mass is 35.5. The molecule has 3 rings (SSSR count). The van der Waals surface area contributed by atoms with Gasteiger partial charge in [-0.2, -0.15) is 0 Å². The fraction of sp³-hybridized carbons (Fsp3) is 0.375. The molecule has 0 bridgehead atoms. The van der Waals surface area contributed by atoms with Crippen molar-refractivity contribution in [2.75, 3.05) is 25.2 Å². The number of hydrogen-bond donors (Lipinski definition) is 1. The SMILES string of the molecule is COc1ccc(N2C(=O)C(Cl)=C(NCC3CCCO3)C2=O)cc1. The van der Waals surface area contributed by atoms with Crippen LogP contribution in [0.1, 0.15) is 12.8 Å². The number of nitrogens with zero attached hydrogens (tertiary/aromatic N) is 1. The van der Waals surface area contributed by atoms with E-state index in [0.717, 1.165) is 24.3 Å². The van der Waals surface area contributed by atoms with Crippen molar-refractivity contribution in [3.8, 4) is 5.75 Å². The Morgan fingerprint density at radius 2 is 2.04 bits per heavy atom. The predicted molar refractivity (Wildman–Crippen MR) is 85.3 cm³/mol. The number of hydrogen-bond acceptors (Lipinski definition) is 5. The molecule has 23 heavy (non-hydrogen) atoms. The number of halogens is 1. The van der Waals surface area contributed by atoms with Crippen LogP contribution in [0.4, 0.5) is 5.69 Å². The molecule has 2 aliphatic rings. The molecule has 1 aromatic rings. The molecular weight excluding hydrogens is 320 g/mol. The summed E-state index contributed by atoms with van der Waals surface area (Å²) in [7, 11) is 1.55. The number of benzene rings is 1. The van der Waals surface area contributed by atoms with Gasteiger partial charge in [-0.25, -0.2) is 4.90 Å². The number of methoxy groups -OCH3 is 1. The lowest BCUT2D eigenvalue weighted by Gasteiger charge is -2.16. The maximum absolute atomic E-state index is 12.5. The van der Waals surface area contributed by atoms with Crippen LogP contribution in [0.5, 0.6) is 5.75 Å². The number of amides is 2. The van der Waals surface area contributed by atoms with E-state index in [-0.39, 0.29) is 16.8 Å². The van der Waals surface area contributed by atoms with E-state index in [1.807, 2.05) is 0 Å². The third kappa shape index (κ3) is 3.04. The molecule has 1 aromatic carbocycles. The van der Waals surface area contributed by atoms with Gasteiger partial charge in [0, 0.05) is 13.2 Å². The minimum absolute atomic E-state index is 0.0462. The number of ether oxygens (including phenoxy) is 2. The summed E-state index contributed by atoms with van der Waals surface area (Å²) in [6, 6.07) is 6.65. The quantitative estimate of drug-likeness (QED) is 0.830. The summed E-state index contributed by atoms with van der Waals surface area (Å²) in [6.07, 6.45) is 1.98. The highest BCUT2D eigenvalue weighted by Crippen LogP contribution is 2.29. The first-order chi connectivity index (χ1) is 11.1. The molecule has 0 saturated carbocycles. The van der Waals surface area contributed by atoms with Crippen LogP contribution in [0.2, 0.25) is 0 Å². The van der Waals surface area contributed by atoms with Crippen molar-refractivity contribution in [1.29, 1.82) is 0 Å². The van der Waals surface area contributed by atoms with Crippen molar-refractivity contribution >= 4 is 29.1 Å². The Morgan fingerprint density at radius 1 is 1.30 bits per heavy atom. The second-order valence-electron chi connectivity index (χ2n) is 5.35. The Kier molecular flexibility index (Phi) is 4.54. The second kappa shape index (κ2) is 6.60. The summed E-state index contributed by atoms with van der Waals surface area (Å²) >= 11 is 6.05. The minimum Gasteiger partial charge on any atom is -0.497 e. The van der Waals surface area contributed by atoms with E-state index in [9.17, 15) is 9.59 Å². The number of imide groups is 1. The lowest BCUT2D eigenvalue weighted by atomic mass is 10.2. The minimum atomic E-state index is -0.531. The zero-order valence-electron chi connectivity index (χ0n) is 12.7. The van der Waals surface area contributed by atoms with E-state index in [2.05, 4.69) is 5.32 Å². The lowest BCUT2D eigenvalue weighted by molar-refractivity contribution is -0.120. The molecule has 2 amide bonds. The molecule has 1 N–H and O–H groups in total. The normalized spacial score (nSPS) is 21.3. The largest absolute Gasteiger partial charge is 0.497 e. The molecule has 7 heteroatoms. The van der Waals surface area contributed by atoms with Gasteiger partial charge in [-0.15, -0.1) is 0 Å². The predicted octanol–water partition coefficient (Wildman–Crippen LogP) is 1.79. The van der Waals surface area contributed by atoms with E-state index in [0.29, 0.717) is 18.0 Å². The van der Waals surface area contributed by atoms with Crippen molar-refractivity contribution in [3.63, 3.8) is 0 Å². The van der Waals surface area contributed by atoms with E-state index in [1.165, 1.54) is 0 Å². The van der Waals surface area contributed by atoms with Crippen molar-refractivity contribution in [3.05, 3.63) is 35.0 Å². The number of rotatable bonds is 5. The van der Waals surface area contributed by atoms with Crippen LogP contribution in [-0.4, -0.2) is 38.2 Å². The van der Waals surface area contributed by atoms with Crippen LogP contribution >= 0.6 is 11.6 Å². The van der Waals surface area contributed by atoms with Crippen molar-refractivity contribution < 1.29 is 19.1 Å². The Hall–Kier alpha value is -2.05. The monoisotopic (exact) mass is 336 g/mol. The maximum atomic E-state index is 12.5. The molecule has 1 unspecified atom stereocenters. The molecule has 6 nitrogen and oxygen atoms in total. The number of carbonyl (C=O) groups is 2. The van der Waals surface area contributed by atoms with Crippen LogP contribution in [-0.2, 0) is 14.3 Å². The molecule has 0 aromatic heterocycles. The van der Waals surface area contributed by atoms with E-state index < -0.39 is 11.8 Å². The van der Waals surface area contributed by atoms with Crippen molar-refractivity contribution in [2.24, 2.45) is 0 Å². The van der Waals surface area contributed by atoms with E-state index in [4.69, 9.17) is 21.1 Å². The van der Waals surface area contributed by atoms with Gasteiger partial charge in [-0.3, -0.25) is 9.59 Å². The summed E-state index contributed by atoms with van der Waals surface area (Å²) in [5.41, 5.74) is 0.579. The first kappa shape index (κ1) is 15.8. The zero-order chi connectivity index (χ0) is 16.4. The van der Waals surface area contributed by atoms with Gasteiger partial charge >= 0.3 is 0 Å². The molecule has 2 aliphatic heterocycles. The molecule has 0 spiro atoms. The Bertz CT molecular complexity index is 651. The van der Waals surface area contributed by atoms with Gasteiger partial charge < -0.3 is 14.8 Å². The molecule has 2 heterocycles. The van der Waals surface area contributed by atoms with Crippen LogP contribution < -0.4 is 15.0 Å². The highest BCUT2D eigenvalue weighted by Gasteiger charge is 2.39. The molecule has 0 radical (unpaired) electrons. The fourth-order valence-corrected chi connectivity index (χ4v) is 2.88. The third-order valence-electron chi connectivity index (χ3n) is 3.89. The molecule has 1 saturated heterocycles. The third-order valence-corrected chi connectivity index (χ3v) is 4.24. The van der Waals surface area contributed by atoms with Crippen molar-refractivity contribution in [2.45, 2.75) is 18.9 Å². The molecule has 0 aliphatic carbocycles. The van der Waals surface area contributed by atoms with Crippen LogP contribution in [0.3, 0.4) is 0 Å². The Morgan fingerprint density at radius 3 is 2.65 bits per heavy atom.